The van der Waals surface area contributed by atoms with Crippen LogP contribution in [0.25, 0.3) is 0 Å². The second kappa shape index (κ2) is 10.4. The first kappa shape index (κ1) is 21.4. The van der Waals surface area contributed by atoms with E-state index in [1.54, 1.807) is 6.08 Å². The molecule has 148 valence electrons. The molecule has 0 spiro atoms. The Labute approximate surface area is 163 Å². The zero-order chi connectivity index (χ0) is 19.7. The molecule has 0 aromatic heterocycles. The number of carbonyl (C=O) groups is 1. The molecule has 0 amide bonds. The van der Waals surface area contributed by atoms with E-state index in [2.05, 4.69) is 36.8 Å². The van der Waals surface area contributed by atoms with Crippen molar-refractivity contribution in [1.29, 1.82) is 0 Å². The summed E-state index contributed by atoms with van der Waals surface area (Å²) in [5.74, 6) is -0.284. The predicted octanol–water partition coefficient (Wildman–Crippen LogP) is 4.99. The molecule has 1 aliphatic heterocycles. The highest BCUT2D eigenvalue weighted by atomic mass is 16.6. The number of esters is 1. The van der Waals surface area contributed by atoms with Crippen molar-refractivity contribution in [2.24, 2.45) is 0 Å². The van der Waals surface area contributed by atoms with E-state index in [1.807, 2.05) is 25.1 Å². The maximum Gasteiger partial charge on any atom is 0.330 e. The molecule has 1 aromatic rings. The number of ether oxygens (including phenoxy) is 3. The van der Waals surface area contributed by atoms with Gasteiger partial charge in [0.25, 0.3) is 0 Å². The highest BCUT2D eigenvalue weighted by Crippen LogP contribution is 2.40. The summed E-state index contributed by atoms with van der Waals surface area (Å²) in [5, 5.41) is 0. The number of methoxy groups -OCH3 is 1. The van der Waals surface area contributed by atoms with Crippen LogP contribution in [-0.2, 0) is 25.6 Å². The Morgan fingerprint density at radius 2 is 1.93 bits per heavy atom. The van der Waals surface area contributed by atoms with E-state index < -0.39 is 0 Å². The van der Waals surface area contributed by atoms with E-state index in [9.17, 15) is 4.79 Å². The third kappa shape index (κ3) is 7.69. The van der Waals surface area contributed by atoms with Crippen molar-refractivity contribution in [2.45, 2.75) is 64.8 Å². The summed E-state index contributed by atoms with van der Waals surface area (Å²) >= 11 is 0. The number of epoxide rings is 1. The third-order valence-corrected chi connectivity index (χ3v) is 4.93. The molecule has 2 atom stereocenters. The Bertz CT molecular complexity index is 662. The minimum absolute atomic E-state index is 0.144. The van der Waals surface area contributed by atoms with Gasteiger partial charge in [0.2, 0.25) is 0 Å². The molecule has 0 unspecified atom stereocenters. The van der Waals surface area contributed by atoms with Crippen LogP contribution >= 0.6 is 0 Å². The molecule has 4 nitrogen and oxygen atoms in total. The molecule has 0 N–H and O–H groups in total. The van der Waals surface area contributed by atoms with Crippen LogP contribution in [0, 0.1) is 0 Å². The first-order valence-electron chi connectivity index (χ1n) is 9.63. The molecule has 27 heavy (non-hydrogen) atoms. The SMILES string of the molecule is COC(=O)/C=C(\C)CC/C=C(\C)CC[C@@H]1O[C@@]1(C)COCc1ccccc1. The number of carbonyl (C=O) groups excluding carboxylic acids is 1. The lowest BCUT2D eigenvalue weighted by Gasteiger charge is -2.08. The maximum absolute atomic E-state index is 11.2. The van der Waals surface area contributed by atoms with E-state index >= 15 is 0 Å². The molecular weight excluding hydrogens is 340 g/mol. The van der Waals surface area contributed by atoms with Crippen LogP contribution < -0.4 is 0 Å². The van der Waals surface area contributed by atoms with E-state index in [1.165, 1.54) is 18.2 Å². The Hall–Kier alpha value is -1.91. The summed E-state index contributed by atoms with van der Waals surface area (Å²) in [4.78, 5) is 11.2. The summed E-state index contributed by atoms with van der Waals surface area (Å²) in [6.45, 7) is 7.50. The molecule has 0 bridgehead atoms. The van der Waals surface area contributed by atoms with Crippen molar-refractivity contribution in [2.75, 3.05) is 13.7 Å². The van der Waals surface area contributed by atoms with Crippen LogP contribution in [0.5, 0.6) is 0 Å². The molecule has 1 fully saturated rings. The Kier molecular flexibility index (Phi) is 8.26. The van der Waals surface area contributed by atoms with Gasteiger partial charge in [-0.1, -0.05) is 47.6 Å². The van der Waals surface area contributed by atoms with Crippen LogP contribution in [0.4, 0.5) is 0 Å². The number of hydrogen-bond donors (Lipinski definition) is 0. The van der Waals surface area contributed by atoms with Crippen molar-refractivity contribution < 1.29 is 19.0 Å². The summed E-state index contributed by atoms with van der Waals surface area (Å²) < 4.78 is 16.3. The van der Waals surface area contributed by atoms with Crippen LogP contribution in [0.15, 0.2) is 53.6 Å². The minimum atomic E-state index is -0.284. The second-order valence-corrected chi connectivity index (χ2v) is 7.54. The Morgan fingerprint density at radius 3 is 2.63 bits per heavy atom. The number of rotatable bonds is 11. The topological polar surface area (TPSA) is 48.1 Å². The van der Waals surface area contributed by atoms with Gasteiger partial charge in [-0.05, 0) is 52.0 Å². The van der Waals surface area contributed by atoms with E-state index in [0.29, 0.717) is 13.2 Å². The van der Waals surface area contributed by atoms with Crippen molar-refractivity contribution in [3.63, 3.8) is 0 Å². The largest absolute Gasteiger partial charge is 0.466 e. The zero-order valence-electron chi connectivity index (χ0n) is 17.0. The maximum atomic E-state index is 11.2. The highest BCUT2D eigenvalue weighted by molar-refractivity contribution is 5.82. The molecule has 0 radical (unpaired) electrons. The lowest BCUT2D eigenvalue weighted by Crippen LogP contribution is -2.18. The van der Waals surface area contributed by atoms with Crippen LogP contribution in [0.1, 0.15) is 52.0 Å². The van der Waals surface area contributed by atoms with Gasteiger partial charge in [-0.3, -0.25) is 0 Å². The fourth-order valence-corrected chi connectivity index (χ4v) is 3.07. The van der Waals surface area contributed by atoms with Gasteiger partial charge in [-0.15, -0.1) is 0 Å². The molecule has 4 heteroatoms. The van der Waals surface area contributed by atoms with Crippen molar-refractivity contribution >= 4 is 5.97 Å². The van der Waals surface area contributed by atoms with Crippen LogP contribution in [0.2, 0.25) is 0 Å². The molecule has 1 heterocycles. The average Bonchev–Trinajstić information content (AvgIpc) is 3.30. The van der Waals surface area contributed by atoms with Crippen molar-refractivity contribution in [3.8, 4) is 0 Å². The van der Waals surface area contributed by atoms with Gasteiger partial charge in [0.1, 0.15) is 5.60 Å². The standard InChI is InChI=1S/C23H32O4/c1-18(9-8-10-19(2)15-22(24)25-4)13-14-21-23(3,27-21)17-26-16-20-11-6-5-7-12-20/h5-7,9,11-12,15,21H,8,10,13-14,16-17H2,1-4H3/b18-9+,19-15+/t21-,23-/m0/s1. The number of hydrogen-bond acceptors (Lipinski definition) is 4. The minimum Gasteiger partial charge on any atom is -0.466 e. The quantitative estimate of drug-likeness (QED) is 0.238. The summed E-state index contributed by atoms with van der Waals surface area (Å²) in [6.07, 6.45) is 7.94. The normalized spacial score (nSPS) is 22.6. The zero-order valence-corrected chi connectivity index (χ0v) is 17.0. The molecule has 1 aliphatic rings. The van der Waals surface area contributed by atoms with Gasteiger partial charge in [-0.2, -0.15) is 0 Å². The molecule has 2 rings (SSSR count). The molecule has 0 saturated carbocycles. The van der Waals surface area contributed by atoms with Gasteiger partial charge in [-0.25, -0.2) is 4.79 Å². The Morgan fingerprint density at radius 1 is 1.19 bits per heavy atom. The lowest BCUT2D eigenvalue weighted by atomic mass is 10.0. The van der Waals surface area contributed by atoms with E-state index in [4.69, 9.17) is 9.47 Å². The van der Waals surface area contributed by atoms with Gasteiger partial charge < -0.3 is 14.2 Å². The Balaban J connectivity index is 1.62. The predicted molar refractivity (Wildman–Crippen MR) is 107 cm³/mol. The second-order valence-electron chi connectivity index (χ2n) is 7.54. The average molecular weight is 373 g/mol. The number of benzene rings is 1. The number of allylic oxidation sites excluding steroid dienone is 3. The van der Waals surface area contributed by atoms with Gasteiger partial charge in [0.15, 0.2) is 0 Å². The highest BCUT2D eigenvalue weighted by Gasteiger charge is 2.51. The third-order valence-electron chi connectivity index (χ3n) is 4.93. The summed E-state index contributed by atoms with van der Waals surface area (Å²) in [6, 6.07) is 10.2. The fraction of sp³-hybridized carbons (Fsp3) is 0.522. The van der Waals surface area contributed by atoms with E-state index in [-0.39, 0.29) is 17.7 Å². The molecular formula is C23H32O4. The fourth-order valence-electron chi connectivity index (χ4n) is 3.07. The van der Waals surface area contributed by atoms with Gasteiger partial charge >= 0.3 is 5.97 Å². The van der Waals surface area contributed by atoms with E-state index in [0.717, 1.165) is 31.3 Å². The summed E-state index contributed by atoms with van der Waals surface area (Å²) in [7, 11) is 1.40. The smallest absolute Gasteiger partial charge is 0.330 e. The molecule has 1 saturated heterocycles. The van der Waals surface area contributed by atoms with Gasteiger partial charge in [0, 0.05) is 6.08 Å². The monoisotopic (exact) mass is 372 g/mol. The van der Waals surface area contributed by atoms with Crippen molar-refractivity contribution in [1.82, 2.24) is 0 Å². The van der Waals surface area contributed by atoms with Crippen LogP contribution in [0.3, 0.4) is 0 Å². The van der Waals surface area contributed by atoms with Crippen LogP contribution in [-0.4, -0.2) is 31.4 Å². The lowest BCUT2D eigenvalue weighted by molar-refractivity contribution is -0.134. The molecule has 1 aromatic carbocycles. The first-order valence-corrected chi connectivity index (χ1v) is 9.63. The first-order chi connectivity index (χ1) is 12.9. The molecule has 0 aliphatic carbocycles. The summed E-state index contributed by atoms with van der Waals surface area (Å²) in [5.41, 5.74) is 3.45. The van der Waals surface area contributed by atoms with Crippen molar-refractivity contribution in [3.05, 3.63) is 59.2 Å². The van der Waals surface area contributed by atoms with Gasteiger partial charge in [0.05, 0.1) is 26.4 Å².